The maximum Gasteiger partial charge on any atom is 0.213 e. The van der Waals surface area contributed by atoms with Crippen LogP contribution in [0.3, 0.4) is 0 Å². The molecule has 0 saturated heterocycles. The molecule has 3 heteroatoms. The van der Waals surface area contributed by atoms with Crippen LogP contribution >= 0.6 is 0 Å². The number of ether oxygens (including phenoxy) is 1. The Morgan fingerprint density at radius 2 is 2.25 bits per heavy atom. The SMILES string of the molecule is CNC/C(=C/c1cccc(OC)n1)C(C)C. The van der Waals surface area contributed by atoms with Gasteiger partial charge in [0, 0.05) is 12.6 Å². The monoisotopic (exact) mass is 220 g/mol. The third-order valence-corrected chi connectivity index (χ3v) is 2.41. The molecule has 88 valence electrons. The first-order valence-corrected chi connectivity index (χ1v) is 5.53. The second-order valence-corrected chi connectivity index (χ2v) is 4.01. The summed E-state index contributed by atoms with van der Waals surface area (Å²) in [5.41, 5.74) is 2.28. The van der Waals surface area contributed by atoms with Gasteiger partial charge in [-0.1, -0.05) is 25.5 Å². The summed E-state index contributed by atoms with van der Waals surface area (Å²) in [5, 5.41) is 3.17. The predicted octanol–water partition coefficient (Wildman–Crippen LogP) is 2.35. The fourth-order valence-corrected chi connectivity index (χ4v) is 1.44. The molecule has 1 heterocycles. The number of likely N-dealkylation sites (N-methyl/N-ethyl adjacent to an activating group) is 1. The van der Waals surface area contributed by atoms with Crippen LogP contribution in [-0.4, -0.2) is 25.7 Å². The van der Waals surface area contributed by atoms with Gasteiger partial charge in [-0.3, -0.25) is 0 Å². The lowest BCUT2D eigenvalue weighted by atomic mass is 10.0. The summed E-state index contributed by atoms with van der Waals surface area (Å²) in [5.74, 6) is 1.17. The van der Waals surface area contributed by atoms with Gasteiger partial charge in [0.1, 0.15) is 0 Å². The van der Waals surface area contributed by atoms with Gasteiger partial charge in [0.2, 0.25) is 5.88 Å². The van der Waals surface area contributed by atoms with Crippen LogP contribution in [0.2, 0.25) is 0 Å². The van der Waals surface area contributed by atoms with Crippen LogP contribution in [0.5, 0.6) is 5.88 Å². The van der Waals surface area contributed by atoms with Crippen LogP contribution in [-0.2, 0) is 0 Å². The van der Waals surface area contributed by atoms with E-state index in [4.69, 9.17) is 4.74 Å². The molecule has 0 amide bonds. The molecule has 0 bridgehead atoms. The molecule has 16 heavy (non-hydrogen) atoms. The van der Waals surface area contributed by atoms with E-state index in [9.17, 15) is 0 Å². The maximum absolute atomic E-state index is 5.10. The number of hydrogen-bond acceptors (Lipinski definition) is 3. The molecule has 0 aromatic carbocycles. The molecule has 0 aliphatic heterocycles. The summed E-state index contributed by atoms with van der Waals surface area (Å²) in [7, 11) is 3.59. The van der Waals surface area contributed by atoms with Crippen molar-refractivity contribution in [3.63, 3.8) is 0 Å². The quantitative estimate of drug-likeness (QED) is 0.827. The second kappa shape index (κ2) is 6.28. The van der Waals surface area contributed by atoms with E-state index < -0.39 is 0 Å². The highest BCUT2D eigenvalue weighted by Gasteiger charge is 2.03. The lowest BCUT2D eigenvalue weighted by Crippen LogP contribution is -2.14. The van der Waals surface area contributed by atoms with Crippen molar-refractivity contribution in [2.45, 2.75) is 13.8 Å². The van der Waals surface area contributed by atoms with Gasteiger partial charge in [-0.15, -0.1) is 0 Å². The molecule has 0 fully saturated rings. The topological polar surface area (TPSA) is 34.1 Å². The van der Waals surface area contributed by atoms with E-state index in [2.05, 4.69) is 30.2 Å². The lowest BCUT2D eigenvalue weighted by molar-refractivity contribution is 0.397. The third kappa shape index (κ3) is 3.66. The van der Waals surface area contributed by atoms with Crippen LogP contribution in [0.25, 0.3) is 6.08 Å². The summed E-state index contributed by atoms with van der Waals surface area (Å²) in [6.07, 6.45) is 2.11. The van der Waals surface area contributed by atoms with Gasteiger partial charge in [-0.25, -0.2) is 4.98 Å². The van der Waals surface area contributed by atoms with Gasteiger partial charge in [0.25, 0.3) is 0 Å². The van der Waals surface area contributed by atoms with Crippen molar-refractivity contribution in [3.8, 4) is 5.88 Å². The largest absolute Gasteiger partial charge is 0.481 e. The average Bonchev–Trinajstić information content (AvgIpc) is 2.28. The van der Waals surface area contributed by atoms with E-state index >= 15 is 0 Å². The number of aromatic nitrogens is 1. The van der Waals surface area contributed by atoms with Crippen molar-refractivity contribution in [2.75, 3.05) is 20.7 Å². The van der Waals surface area contributed by atoms with Crippen molar-refractivity contribution in [1.82, 2.24) is 10.3 Å². The van der Waals surface area contributed by atoms with Crippen molar-refractivity contribution >= 4 is 6.08 Å². The number of nitrogens with zero attached hydrogens (tertiary/aromatic N) is 1. The Bertz CT molecular complexity index is 359. The normalized spacial score (nSPS) is 11.9. The van der Waals surface area contributed by atoms with E-state index in [1.54, 1.807) is 7.11 Å². The van der Waals surface area contributed by atoms with Crippen molar-refractivity contribution in [2.24, 2.45) is 5.92 Å². The van der Waals surface area contributed by atoms with Gasteiger partial charge in [0.05, 0.1) is 12.8 Å². The molecule has 0 atom stereocenters. The third-order valence-electron chi connectivity index (χ3n) is 2.41. The van der Waals surface area contributed by atoms with E-state index in [1.807, 2.05) is 25.2 Å². The van der Waals surface area contributed by atoms with Crippen LogP contribution in [0.1, 0.15) is 19.5 Å². The minimum atomic E-state index is 0.514. The molecule has 0 radical (unpaired) electrons. The lowest BCUT2D eigenvalue weighted by Gasteiger charge is -2.10. The number of nitrogens with one attached hydrogen (secondary N) is 1. The number of rotatable bonds is 5. The van der Waals surface area contributed by atoms with E-state index in [1.165, 1.54) is 5.57 Å². The molecule has 0 unspecified atom stereocenters. The zero-order chi connectivity index (χ0) is 12.0. The van der Waals surface area contributed by atoms with Crippen LogP contribution in [0.4, 0.5) is 0 Å². The van der Waals surface area contributed by atoms with E-state index in [-0.39, 0.29) is 0 Å². The highest BCUT2D eigenvalue weighted by molar-refractivity contribution is 5.50. The summed E-state index contributed by atoms with van der Waals surface area (Å²) in [6, 6.07) is 5.79. The molecule has 0 aliphatic carbocycles. The first-order chi connectivity index (χ1) is 7.67. The summed E-state index contributed by atoms with van der Waals surface area (Å²) in [6.45, 7) is 5.25. The van der Waals surface area contributed by atoms with Gasteiger partial charge in [0.15, 0.2) is 0 Å². The minimum absolute atomic E-state index is 0.514. The number of hydrogen-bond donors (Lipinski definition) is 1. The van der Waals surface area contributed by atoms with Gasteiger partial charge in [-0.05, 0) is 25.1 Å². The summed E-state index contributed by atoms with van der Waals surface area (Å²) >= 11 is 0. The zero-order valence-electron chi connectivity index (χ0n) is 10.4. The highest BCUT2D eigenvalue weighted by atomic mass is 16.5. The Hall–Kier alpha value is -1.35. The molecular formula is C13H20N2O. The Morgan fingerprint density at radius 3 is 2.81 bits per heavy atom. The Morgan fingerprint density at radius 1 is 1.50 bits per heavy atom. The predicted molar refractivity (Wildman–Crippen MR) is 67.5 cm³/mol. The van der Waals surface area contributed by atoms with Gasteiger partial charge >= 0.3 is 0 Å². The number of pyridine rings is 1. The van der Waals surface area contributed by atoms with Crippen LogP contribution < -0.4 is 10.1 Å². The zero-order valence-corrected chi connectivity index (χ0v) is 10.4. The molecule has 1 aromatic rings. The fourth-order valence-electron chi connectivity index (χ4n) is 1.44. The molecule has 1 N–H and O–H groups in total. The first kappa shape index (κ1) is 12.7. The van der Waals surface area contributed by atoms with Crippen molar-refractivity contribution < 1.29 is 4.74 Å². The number of methoxy groups -OCH3 is 1. The highest BCUT2D eigenvalue weighted by Crippen LogP contribution is 2.14. The maximum atomic E-state index is 5.10. The Labute approximate surface area is 97.5 Å². The molecule has 1 aromatic heterocycles. The van der Waals surface area contributed by atoms with E-state index in [0.717, 1.165) is 12.2 Å². The smallest absolute Gasteiger partial charge is 0.213 e. The van der Waals surface area contributed by atoms with E-state index in [0.29, 0.717) is 11.8 Å². The molecule has 0 spiro atoms. The fraction of sp³-hybridized carbons (Fsp3) is 0.462. The first-order valence-electron chi connectivity index (χ1n) is 5.53. The van der Waals surface area contributed by atoms with Gasteiger partial charge in [-0.2, -0.15) is 0 Å². The van der Waals surface area contributed by atoms with Crippen LogP contribution in [0.15, 0.2) is 23.8 Å². The molecular weight excluding hydrogens is 200 g/mol. The van der Waals surface area contributed by atoms with Crippen LogP contribution in [0, 0.1) is 5.92 Å². The average molecular weight is 220 g/mol. The van der Waals surface area contributed by atoms with Crippen molar-refractivity contribution in [3.05, 3.63) is 29.5 Å². The van der Waals surface area contributed by atoms with Crippen molar-refractivity contribution in [1.29, 1.82) is 0 Å². The molecule has 0 aliphatic rings. The molecule has 3 nitrogen and oxygen atoms in total. The Kier molecular flexibility index (Phi) is 4.99. The standard InChI is InChI=1S/C13H20N2O/c1-10(2)11(9-14-3)8-12-6-5-7-13(15-12)16-4/h5-8,10,14H,9H2,1-4H3/b11-8-. The Balaban J connectivity index is 2.93. The van der Waals surface area contributed by atoms with Gasteiger partial charge < -0.3 is 10.1 Å². The summed E-state index contributed by atoms with van der Waals surface area (Å²) < 4.78 is 5.10. The molecule has 0 saturated carbocycles. The minimum Gasteiger partial charge on any atom is -0.481 e. The summed E-state index contributed by atoms with van der Waals surface area (Å²) in [4.78, 5) is 4.37. The second-order valence-electron chi connectivity index (χ2n) is 4.01. The molecule has 1 rings (SSSR count).